The van der Waals surface area contributed by atoms with Gasteiger partial charge < -0.3 is 9.30 Å². The maximum atomic E-state index is 5.97. The van der Waals surface area contributed by atoms with Gasteiger partial charge in [-0.3, -0.25) is 0 Å². The Morgan fingerprint density at radius 1 is 1.17 bits per heavy atom. The predicted octanol–water partition coefficient (Wildman–Crippen LogP) is 5.68. The SMILES string of the molecule is CCCCCCCOCC(Cn1ccnc1)Sc1ccc(Cl)cc1. The summed E-state index contributed by atoms with van der Waals surface area (Å²) < 4.78 is 8.05. The number of thioether (sulfide) groups is 1. The van der Waals surface area contributed by atoms with Crippen LogP contribution in [0.3, 0.4) is 0 Å². The van der Waals surface area contributed by atoms with Gasteiger partial charge in [0, 0.05) is 35.5 Å². The number of aromatic nitrogens is 2. The number of hydrogen-bond donors (Lipinski definition) is 0. The summed E-state index contributed by atoms with van der Waals surface area (Å²) in [5, 5.41) is 1.13. The maximum Gasteiger partial charge on any atom is 0.0946 e. The van der Waals surface area contributed by atoms with Gasteiger partial charge in [-0.15, -0.1) is 11.8 Å². The van der Waals surface area contributed by atoms with Gasteiger partial charge in [0.25, 0.3) is 0 Å². The van der Waals surface area contributed by atoms with Crippen molar-refractivity contribution < 1.29 is 4.74 Å². The molecule has 0 aliphatic heterocycles. The average Bonchev–Trinajstić information content (AvgIpc) is 3.09. The molecule has 0 amide bonds. The Morgan fingerprint density at radius 3 is 2.67 bits per heavy atom. The zero-order chi connectivity index (χ0) is 17.0. The quantitative estimate of drug-likeness (QED) is 0.357. The van der Waals surface area contributed by atoms with Gasteiger partial charge in [-0.25, -0.2) is 4.98 Å². The summed E-state index contributed by atoms with van der Waals surface area (Å²) in [6, 6.07) is 8.01. The highest BCUT2D eigenvalue weighted by molar-refractivity contribution is 8.00. The van der Waals surface area contributed by atoms with E-state index in [1.807, 2.05) is 42.6 Å². The van der Waals surface area contributed by atoms with Crippen molar-refractivity contribution in [1.29, 1.82) is 0 Å². The van der Waals surface area contributed by atoms with Crippen LogP contribution >= 0.6 is 23.4 Å². The molecule has 0 saturated heterocycles. The number of ether oxygens (including phenoxy) is 1. The molecule has 0 radical (unpaired) electrons. The van der Waals surface area contributed by atoms with Crippen molar-refractivity contribution in [2.45, 2.75) is 55.7 Å². The van der Waals surface area contributed by atoms with Gasteiger partial charge in [0.05, 0.1) is 18.2 Å². The van der Waals surface area contributed by atoms with Crippen molar-refractivity contribution in [2.24, 2.45) is 0 Å². The van der Waals surface area contributed by atoms with Crippen LogP contribution in [0.25, 0.3) is 0 Å². The molecule has 0 aliphatic carbocycles. The normalized spacial score (nSPS) is 12.4. The van der Waals surface area contributed by atoms with E-state index in [-0.39, 0.29) is 0 Å². The summed E-state index contributed by atoms with van der Waals surface area (Å²) in [7, 11) is 0. The van der Waals surface area contributed by atoms with Crippen LogP contribution in [0.1, 0.15) is 39.0 Å². The third kappa shape index (κ3) is 7.73. The first-order chi connectivity index (χ1) is 11.8. The van der Waals surface area contributed by atoms with Gasteiger partial charge in [-0.1, -0.05) is 44.2 Å². The number of hydrogen-bond acceptors (Lipinski definition) is 3. The summed E-state index contributed by atoms with van der Waals surface area (Å²) in [5.74, 6) is 0. The molecule has 2 aromatic rings. The zero-order valence-electron chi connectivity index (χ0n) is 14.4. The van der Waals surface area contributed by atoms with E-state index in [0.29, 0.717) is 5.25 Å². The molecule has 1 atom stereocenters. The number of nitrogens with zero attached hydrogens (tertiary/aromatic N) is 2. The first-order valence-corrected chi connectivity index (χ1v) is 9.99. The molecule has 1 aromatic heterocycles. The fraction of sp³-hybridized carbons (Fsp3) is 0.526. The highest BCUT2D eigenvalue weighted by atomic mass is 35.5. The van der Waals surface area contributed by atoms with Crippen molar-refractivity contribution in [3.05, 3.63) is 48.0 Å². The molecule has 0 saturated carbocycles. The first-order valence-electron chi connectivity index (χ1n) is 8.73. The molecule has 1 unspecified atom stereocenters. The van der Waals surface area contributed by atoms with E-state index in [4.69, 9.17) is 16.3 Å². The van der Waals surface area contributed by atoms with Crippen LogP contribution in [-0.4, -0.2) is 28.0 Å². The van der Waals surface area contributed by atoms with Crippen molar-refractivity contribution in [1.82, 2.24) is 9.55 Å². The second-order valence-electron chi connectivity index (χ2n) is 5.94. The van der Waals surface area contributed by atoms with E-state index in [0.717, 1.165) is 31.2 Å². The standard InChI is InChI=1S/C19H27ClN2OS/c1-2-3-4-5-6-13-23-15-19(14-22-12-11-21-16-22)24-18-9-7-17(20)8-10-18/h7-12,16,19H,2-6,13-15H2,1H3. The molecular weight excluding hydrogens is 340 g/mol. The van der Waals surface area contributed by atoms with Crippen LogP contribution in [-0.2, 0) is 11.3 Å². The molecule has 3 nitrogen and oxygen atoms in total. The van der Waals surface area contributed by atoms with Gasteiger partial charge in [-0.05, 0) is 30.7 Å². The Hall–Kier alpha value is -0.970. The van der Waals surface area contributed by atoms with E-state index >= 15 is 0 Å². The van der Waals surface area contributed by atoms with Crippen LogP contribution in [0.4, 0.5) is 0 Å². The monoisotopic (exact) mass is 366 g/mol. The van der Waals surface area contributed by atoms with E-state index in [1.165, 1.54) is 30.6 Å². The second kappa shape index (κ2) is 11.6. The lowest BCUT2D eigenvalue weighted by atomic mass is 10.2. The Labute approximate surface area is 154 Å². The molecule has 0 bridgehead atoms. The molecule has 0 spiro atoms. The number of unbranched alkanes of at least 4 members (excludes halogenated alkanes) is 4. The smallest absolute Gasteiger partial charge is 0.0946 e. The third-order valence-electron chi connectivity index (χ3n) is 3.79. The van der Waals surface area contributed by atoms with Crippen molar-refractivity contribution >= 4 is 23.4 Å². The Morgan fingerprint density at radius 2 is 1.96 bits per heavy atom. The van der Waals surface area contributed by atoms with Crippen LogP contribution in [0.15, 0.2) is 47.9 Å². The average molecular weight is 367 g/mol. The van der Waals surface area contributed by atoms with E-state index in [2.05, 4.69) is 28.6 Å². The van der Waals surface area contributed by atoms with Crippen LogP contribution in [0, 0.1) is 0 Å². The number of rotatable bonds is 12. The fourth-order valence-corrected chi connectivity index (χ4v) is 3.70. The molecule has 5 heteroatoms. The molecular formula is C19H27ClN2OS. The Bertz CT molecular complexity index is 545. The molecule has 0 N–H and O–H groups in total. The maximum absolute atomic E-state index is 5.97. The van der Waals surface area contributed by atoms with Gasteiger partial charge >= 0.3 is 0 Å². The van der Waals surface area contributed by atoms with E-state index in [1.54, 1.807) is 0 Å². The molecule has 1 aromatic carbocycles. The van der Waals surface area contributed by atoms with Crippen molar-refractivity contribution in [3.63, 3.8) is 0 Å². The number of benzene rings is 1. The van der Waals surface area contributed by atoms with E-state index in [9.17, 15) is 0 Å². The second-order valence-corrected chi connectivity index (χ2v) is 7.75. The topological polar surface area (TPSA) is 27.1 Å². The van der Waals surface area contributed by atoms with Gasteiger partial charge in [0.2, 0.25) is 0 Å². The van der Waals surface area contributed by atoms with Crippen LogP contribution in [0.5, 0.6) is 0 Å². The number of halogens is 1. The van der Waals surface area contributed by atoms with E-state index < -0.39 is 0 Å². The molecule has 1 heterocycles. The predicted molar refractivity (Wildman–Crippen MR) is 103 cm³/mol. The summed E-state index contributed by atoms with van der Waals surface area (Å²) in [4.78, 5) is 5.35. The molecule has 0 fully saturated rings. The van der Waals surface area contributed by atoms with Crippen LogP contribution in [0.2, 0.25) is 5.02 Å². The minimum absolute atomic E-state index is 0.357. The molecule has 24 heavy (non-hydrogen) atoms. The highest BCUT2D eigenvalue weighted by Crippen LogP contribution is 2.26. The zero-order valence-corrected chi connectivity index (χ0v) is 15.9. The number of imidazole rings is 1. The van der Waals surface area contributed by atoms with Crippen LogP contribution < -0.4 is 0 Å². The summed E-state index contributed by atoms with van der Waals surface area (Å²) in [6.07, 6.45) is 12.0. The van der Waals surface area contributed by atoms with Crippen molar-refractivity contribution in [2.75, 3.05) is 13.2 Å². The van der Waals surface area contributed by atoms with Gasteiger partial charge in [-0.2, -0.15) is 0 Å². The Balaban J connectivity index is 1.78. The van der Waals surface area contributed by atoms with Crippen molar-refractivity contribution in [3.8, 4) is 0 Å². The fourth-order valence-electron chi connectivity index (χ4n) is 2.48. The molecule has 132 valence electrons. The Kier molecular flexibility index (Phi) is 9.32. The lowest BCUT2D eigenvalue weighted by Crippen LogP contribution is -2.19. The minimum Gasteiger partial charge on any atom is -0.380 e. The molecule has 2 rings (SSSR count). The first kappa shape index (κ1) is 19.4. The summed E-state index contributed by atoms with van der Waals surface area (Å²) in [5.41, 5.74) is 0. The largest absolute Gasteiger partial charge is 0.380 e. The third-order valence-corrected chi connectivity index (χ3v) is 5.20. The summed E-state index contributed by atoms with van der Waals surface area (Å²) in [6.45, 7) is 4.74. The van der Waals surface area contributed by atoms with Gasteiger partial charge in [0.1, 0.15) is 0 Å². The lowest BCUT2D eigenvalue weighted by molar-refractivity contribution is 0.128. The van der Waals surface area contributed by atoms with Gasteiger partial charge in [0.15, 0.2) is 0 Å². The summed E-state index contributed by atoms with van der Waals surface area (Å²) >= 11 is 7.81. The minimum atomic E-state index is 0.357. The molecule has 0 aliphatic rings. The highest BCUT2D eigenvalue weighted by Gasteiger charge is 2.12. The lowest BCUT2D eigenvalue weighted by Gasteiger charge is -2.17.